The molecular weight excluding hydrogens is 428 g/mol. The number of aromatic nitrogens is 2. The summed E-state index contributed by atoms with van der Waals surface area (Å²) in [6.45, 7) is 4.74. The molecule has 1 saturated heterocycles. The summed E-state index contributed by atoms with van der Waals surface area (Å²) < 4.78 is 43.0. The first kappa shape index (κ1) is 24.4. The standard InChI is InChI=1S/C16H25FN3O9P/c1-8(2)28-13(23)9(3)19-30(25,26)27-7-10-12(22)16(4,17)14(29-10)20-6-5-11(21)18-15(20)24/h5-6,8-10,12,14,22H,7H2,1-4H3,(H,18,21,24)(H2,19,25,26)/t9-,10?,12-,14?,16?/m0/s1. The van der Waals surface area contributed by atoms with E-state index >= 15 is 4.39 Å². The fraction of sp³-hybridized carbons (Fsp3) is 0.688. The molecule has 0 radical (unpaired) electrons. The first-order valence-electron chi connectivity index (χ1n) is 9.04. The van der Waals surface area contributed by atoms with Crippen molar-refractivity contribution in [2.45, 2.75) is 63.9 Å². The molecule has 1 aromatic rings. The Morgan fingerprint density at radius 3 is 2.67 bits per heavy atom. The largest absolute Gasteiger partial charge is 0.462 e. The zero-order chi connectivity index (χ0) is 22.9. The molecule has 14 heteroatoms. The van der Waals surface area contributed by atoms with E-state index in [1.807, 2.05) is 4.98 Å². The number of ether oxygens (including phenoxy) is 2. The van der Waals surface area contributed by atoms with Gasteiger partial charge in [-0.05, 0) is 27.7 Å². The van der Waals surface area contributed by atoms with Crippen molar-refractivity contribution in [3.8, 4) is 0 Å². The molecule has 1 aromatic heterocycles. The highest BCUT2D eigenvalue weighted by atomic mass is 31.2. The van der Waals surface area contributed by atoms with Crippen LogP contribution in [0.1, 0.15) is 33.9 Å². The van der Waals surface area contributed by atoms with Gasteiger partial charge in [-0.2, -0.15) is 0 Å². The summed E-state index contributed by atoms with van der Waals surface area (Å²) in [6.07, 6.45) is -4.32. The number of esters is 1. The number of halogens is 1. The molecule has 4 unspecified atom stereocenters. The molecule has 2 rings (SSSR count). The first-order valence-corrected chi connectivity index (χ1v) is 10.6. The van der Waals surface area contributed by atoms with E-state index in [0.717, 1.165) is 23.8 Å². The van der Waals surface area contributed by atoms with Crippen molar-refractivity contribution >= 4 is 13.7 Å². The molecule has 1 fully saturated rings. The van der Waals surface area contributed by atoms with Crippen LogP contribution in [-0.4, -0.2) is 62.1 Å². The monoisotopic (exact) mass is 453 g/mol. The van der Waals surface area contributed by atoms with Crippen molar-refractivity contribution in [3.05, 3.63) is 33.1 Å². The van der Waals surface area contributed by atoms with Crippen LogP contribution >= 0.6 is 7.75 Å². The maximum absolute atomic E-state index is 15.1. The summed E-state index contributed by atoms with van der Waals surface area (Å²) >= 11 is 0. The number of alkyl halides is 1. The van der Waals surface area contributed by atoms with E-state index in [4.69, 9.17) is 14.0 Å². The SMILES string of the molecule is CC(C)OC(=O)[C@H](C)NP(=O)(O)OCC1OC(n2ccc(=O)[nH]c2=O)C(C)(F)[C@H]1O. The van der Waals surface area contributed by atoms with Gasteiger partial charge in [0, 0.05) is 12.3 Å². The van der Waals surface area contributed by atoms with Crippen LogP contribution in [0, 0.1) is 0 Å². The molecule has 0 aromatic carbocycles. The van der Waals surface area contributed by atoms with Crippen molar-refractivity contribution in [1.29, 1.82) is 0 Å². The van der Waals surface area contributed by atoms with E-state index < -0.39 is 67.8 Å². The molecule has 1 aliphatic rings. The Labute approximate surface area is 170 Å². The molecule has 0 amide bonds. The van der Waals surface area contributed by atoms with Gasteiger partial charge in [-0.1, -0.05) is 0 Å². The third kappa shape index (κ3) is 5.62. The van der Waals surface area contributed by atoms with Crippen molar-refractivity contribution in [2.24, 2.45) is 0 Å². The van der Waals surface area contributed by atoms with Crippen LogP contribution in [-0.2, 0) is 23.4 Å². The van der Waals surface area contributed by atoms with Crippen LogP contribution in [0.4, 0.5) is 4.39 Å². The molecule has 0 saturated carbocycles. The van der Waals surface area contributed by atoms with Gasteiger partial charge in [0.2, 0.25) is 0 Å². The topological polar surface area (TPSA) is 169 Å². The van der Waals surface area contributed by atoms with Gasteiger partial charge in [0.05, 0.1) is 12.7 Å². The summed E-state index contributed by atoms with van der Waals surface area (Å²) in [5, 5.41) is 12.3. The number of nitrogens with one attached hydrogen (secondary N) is 2. The van der Waals surface area contributed by atoms with Crippen LogP contribution in [0.3, 0.4) is 0 Å². The second-order valence-electron chi connectivity index (χ2n) is 7.29. The zero-order valence-electron chi connectivity index (χ0n) is 16.8. The Kier molecular flexibility index (Phi) is 7.38. The highest BCUT2D eigenvalue weighted by Gasteiger charge is 2.55. The lowest BCUT2D eigenvalue weighted by atomic mass is 9.98. The van der Waals surface area contributed by atoms with Gasteiger partial charge in [-0.3, -0.25) is 23.7 Å². The number of H-pyrrole nitrogens is 1. The van der Waals surface area contributed by atoms with Crippen LogP contribution in [0.25, 0.3) is 0 Å². The second kappa shape index (κ2) is 9.08. The highest BCUT2D eigenvalue weighted by Crippen LogP contribution is 2.43. The number of carbonyl (C=O) groups is 1. The highest BCUT2D eigenvalue weighted by molar-refractivity contribution is 7.50. The quantitative estimate of drug-likeness (QED) is 0.299. The lowest BCUT2D eigenvalue weighted by Gasteiger charge is -2.24. The number of hydrogen-bond acceptors (Lipinski definition) is 8. The molecule has 2 heterocycles. The number of carbonyl (C=O) groups excluding carboxylic acids is 1. The molecule has 0 bridgehead atoms. The Morgan fingerprint density at radius 2 is 2.10 bits per heavy atom. The van der Waals surface area contributed by atoms with Crippen LogP contribution in [0.15, 0.2) is 21.9 Å². The van der Waals surface area contributed by atoms with Gasteiger partial charge >= 0.3 is 19.4 Å². The Balaban J connectivity index is 2.06. The summed E-state index contributed by atoms with van der Waals surface area (Å²) in [6, 6.07) is -0.211. The van der Waals surface area contributed by atoms with Crippen LogP contribution < -0.4 is 16.3 Å². The van der Waals surface area contributed by atoms with Crippen LogP contribution in [0.5, 0.6) is 0 Å². The minimum absolute atomic E-state index is 0.432. The molecule has 6 atom stereocenters. The van der Waals surface area contributed by atoms with E-state index in [1.165, 1.54) is 6.92 Å². The summed E-state index contributed by atoms with van der Waals surface area (Å²) in [5.74, 6) is -0.783. The predicted molar refractivity (Wildman–Crippen MR) is 100 cm³/mol. The smallest absolute Gasteiger partial charge is 0.403 e. The lowest BCUT2D eigenvalue weighted by Crippen LogP contribution is -2.43. The number of rotatable bonds is 8. The van der Waals surface area contributed by atoms with Gasteiger partial charge in [0.25, 0.3) is 5.56 Å². The molecule has 4 N–H and O–H groups in total. The van der Waals surface area contributed by atoms with E-state index in [9.17, 15) is 28.9 Å². The van der Waals surface area contributed by atoms with E-state index in [2.05, 4.69) is 5.09 Å². The maximum atomic E-state index is 15.1. The van der Waals surface area contributed by atoms with E-state index in [0.29, 0.717) is 0 Å². The Morgan fingerprint density at radius 1 is 1.47 bits per heavy atom. The molecule has 12 nitrogen and oxygen atoms in total. The van der Waals surface area contributed by atoms with Crippen molar-refractivity contribution in [3.63, 3.8) is 0 Å². The second-order valence-corrected chi connectivity index (χ2v) is 8.85. The summed E-state index contributed by atoms with van der Waals surface area (Å²) in [7, 11) is -4.55. The van der Waals surface area contributed by atoms with E-state index in [1.54, 1.807) is 13.8 Å². The minimum Gasteiger partial charge on any atom is -0.462 e. The Hall–Kier alpha value is -1.89. The number of aromatic amines is 1. The fourth-order valence-electron chi connectivity index (χ4n) is 2.81. The van der Waals surface area contributed by atoms with Crippen LogP contribution in [0.2, 0.25) is 0 Å². The summed E-state index contributed by atoms with van der Waals surface area (Å²) in [5.41, 5.74) is -4.15. The van der Waals surface area contributed by atoms with E-state index in [-0.39, 0.29) is 0 Å². The third-order valence-electron chi connectivity index (χ3n) is 4.30. The first-order chi connectivity index (χ1) is 13.7. The average molecular weight is 453 g/mol. The third-order valence-corrected chi connectivity index (χ3v) is 5.51. The predicted octanol–water partition coefficient (Wildman–Crippen LogP) is -0.430. The lowest BCUT2D eigenvalue weighted by molar-refractivity contribution is -0.149. The van der Waals surface area contributed by atoms with Gasteiger partial charge in [0.15, 0.2) is 11.9 Å². The molecule has 1 aliphatic heterocycles. The average Bonchev–Trinajstić information content (AvgIpc) is 2.82. The molecule has 0 spiro atoms. The van der Waals surface area contributed by atoms with Crippen molar-refractivity contribution in [1.82, 2.24) is 14.6 Å². The zero-order valence-corrected chi connectivity index (χ0v) is 17.7. The molecule has 170 valence electrons. The van der Waals surface area contributed by atoms with Crippen molar-refractivity contribution < 1.29 is 37.7 Å². The molecule has 30 heavy (non-hydrogen) atoms. The van der Waals surface area contributed by atoms with Crippen molar-refractivity contribution in [2.75, 3.05) is 6.61 Å². The van der Waals surface area contributed by atoms with Gasteiger partial charge < -0.3 is 19.5 Å². The number of aliphatic hydroxyl groups excluding tert-OH is 1. The van der Waals surface area contributed by atoms with Gasteiger partial charge in [0.1, 0.15) is 18.2 Å². The van der Waals surface area contributed by atoms with Gasteiger partial charge in [-0.15, -0.1) is 0 Å². The summed E-state index contributed by atoms with van der Waals surface area (Å²) in [4.78, 5) is 46.7. The number of aliphatic hydroxyl groups is 1. The van der Waals surface area contributed by atoms with Gasteiger partial charge in [-0.25, -0.2) is 18.8 Å². The number of nitrogens with zero attached hydrogens (tertiary/aromatic N) is 1. The molecule has 0 aliphatic carbocycles. The normalized spacial score (nSPS) is 29.5. The maximum Gasteiger partial charge on any atom is 0.403 e. The Bertz CT molecular complexity index is 931. The minimum atomic E-state index is -4.55. The fourth-order valence-corrected chi connectivity index (χ4v) is 3.82. The number of hydrogen-bond donors (Lipinski definition) is 4. The molecular formula is C16H25FN3O9P.